The highest BCUT2D eigenvalue weighted by Gasteiger charge is 2.37. The van der Waals surface area contributed by atoms with Crippen molar-refractivity contribution in [3.63, 3.8) is 0 Å². The van der Waals surface area contributed by atoms with Crippen molar-refractivity contribution in [1.29, 1.82) is 0 Å². The number of ether oxygens (including phenoxy) is 1. The lowest BCUT2D eigenvalue weighted by Gasteiger charge is -2.28. The average molecular weight is 455 g/mol. The molecule has 2 aromatic rings. The standard InChI is InChI=1S/C19H21NO6.CH4O3S/c1-12(26-17(23)14-5-3-2-4-6-14)10-19(20,18(24)25)11-13-7-8-15(21)16(22)9-13;1-5(2,3)4/h2-9,12,21-22H,10-11,20H2,1H3,(H,24,25);1H3,(H,2,3,4)/t12-,19?;/m0./s1. The second-order valence-electron chi connectivity index (χ2n) is 6.98. The quantitative estimate of drug-likeness (QED) is 0.233. The zero-order valence-corrected chi connectivity index (χ0v) is 17.7. The topological polar surface area (TPSA) is 184 Å². The molecule has 0 bridgehead atoms. The molecule has 31 heavy (non-hydrogen) atoms. The first-order valence-electron chi connectivity index (χ1n) is 8.93. The van der Waals surface area contributed by atoms with Crippen LogP contribution in [0.4, 0.5) is 0 Å². The molecule has 0 aliphatic rings. The van der Waals surface area contributed by atoms with E-state index in [0.717, 1.165) is 0 Å². The Balaban J connectivity index is 0.000000861. The van der Waals surface area contributed by atoms with E-state index >= 15 is 0 Å². The largest absolute Gasteiger partial charge is 0.504 e. The molecule has 0 heterocycles. The van der Waals surface area contributed by atoms with Crippen LogP contribution < -0.4 is 5.73 Å². The van der Waals surface area contributed by atoms with Crippen LogP contribution >= 0.6 is 0 Å². The van der Waals surface area contributed by atoms with Crippen molar-refractivity contribution in [1.82, 2.24) is 0 Å². The Labute approximate surface area is 179 Å². The van der Waals surface area contributed by atoms with Crippen LogP contribution in [0.3, 0.4) is 0 Å². The summed E-state index contributed by atoms with van der Waals surface area (Å²) in [5.41, 5.74) is 5.13. The first-order chi connectivity index (χ1) is 14.2. The predicted molar refractivity (Wildman–Crippen MR) is 111 cm³/mol. The van der Waals surface area contributed by atoms with Crippen LogP contribution in [0.1, 0.15) is 29.3 Å². The van der Waals surface area contributed by atoms with Crippen LogP contribution in [0.5, 0.6) is 11.5 Å². The molecule has 2 aromatic carbocycles. The Hall–Kier alpha value is -3.15. The molecule has 0 radical (unpaired) electrons. The number of carboxylic acids is 1. The molecular formula is C20H25NO9S. The number of benzene rings is 2. The molecule has 0 saturated carbocycles. The monoisotopic (exact) mass is 455 g/mol. The van der Waals surface area contributed by atoms with E-state index in [4.69, 9.17) is 15.0 Å². The maximum absolute atomic E-state index is 12.1. The first kappa shape index (κ1) is 25.9. The highest BCUT2D eigenvalue weighted by Crippen LogP contribution is 2.28. The van der Waals surface area contributed by atoms with Crippen LogP contribution in [0.25, 0.3) is 0 Å². The Morgan fingerprint density at radius 3 is 2.13 bits per heavy atom. The summed E-state index contributed by atoms with van der Waals surface area (Å²) in [6.45, 7) is 1.57. The third kappa shape index (κ3) is 9.47. The molecular weight excluding hydrogens is 430 g/mol. The van der Waals surface area contributed by atoms with Crippen molar-refractivity contribution < 1.29 is 42.6 Å². The van der Waals surface area contributed by atoms with Gasteiger partial charge in [-0.05, 0) is 36.8 Å². The van der Waals surface area contributed by atoms with Crippen LogP contribution in [0.15, 0.2) is 48.5 Å². The minimum absolute atomic E-state index is 0.108. The third-order valence-corrected chi connectivity index (χ3v) is 3.95. The Kier molecular flexibility index (Phi) is 8.98. The lowest BCUT2D eigenvalue weighted by atomic mass is 9.86. The van der Waals surface area contributed by atoms with Gasteiger partial charge in [-0.1, -0.05) is 24.3 Å². The summed E-state index contributed by atoms with van der Waals surface area (Å²) < 4.78 is 31.2. The van der Waals surface area contributed by atoms with Gasteiger partial charge in [-0.2, -0.15) is 8.42 Å². The fourth-order valence-electron chi connectivity index (χ4n) is 2.66. The number of phenolic OH excluding ortho intramolecular Hbond substituents is 2. The smallest absolute Gasteiger partial charge is 0.338 e. The van der Waals surface area contributed by atoms with Gasteiger partial charge >= 0.3 is 11.9 Å². The molecule has 0 aliphatic heterocycles. The summed E-state index contributed by atoms with van der Waals surface area (Å²) in [4.78, 5) is 23.8. The normalized spacial score (nSPS) is 13.8. The number of aromatic hydroxyl groups is 2. The predicted octanol–water partition coefficient (Wildman–Crippen LogP) is 1.56. The summed E-state index contributed by atoms with van der Waals surface area (Å²) in [5.74, 6) is -2.49. The average Bonchev–Trinajstić information content (AvgIpc) is 2.63. The fraction of sp³-hybridized carbons (Fsp3) is 0.300. The van der Waals surface area contributed by atoms with Crippen LogP contribution in [0, 0.1) is 0 Å². The van der Waals surface area contributed by atoms with Crippen molar-refractivity contribution in [3.8, 4) is 11.5 Å². The van der Waals surface area contributed by atoms with Gasteiger partial charge in [0.15, 0.2) is 11.5 Å². The molecule has 1 unspecified atom stereocenters. The molecule has 0 aromatic heterocycles. The summed E-state index contributed by atoms with van der Waals surface area (Å²) >= 11 is 0. The molecule has 0 fully saturated rings. The lowest BCUT2D eigenvalue weighted by Crippen LogP contribution is -2.52. The van der Waals surface area contributed by atoms with Crippen molar-refractivity contribution in [2.24, 2.45) is 5.73 Å². The maximum Gasteiger partial charge on any atom is 0.338 e. The number of phenols is 2. The highest BCUT2D eigenvalue weighted by atomic mass is 32.2. The second-order valence-corrected chi connectivity index (χ2v) is 8.45. The number of hydrogen-bond acceptors (Lipinski definition) is 8. The SMILES string of the molecule is CS(=O)(=O)O.C[C@@H](CC(N)(Cc1ccc(O)c(O)c1)C(=O)O)OC(=O)c1ccccc1. The van der Waals surface area contributed by atoms with Gasteiger partial charge in [-0.3, -0.25) is 9.35 Å². The van der Waals surface area contributed by atoms with E-state index in [1.54, 1.807) is 37.3 Å². The molecule has 170 valence electrons. The van der Waals surface area contributed by atoms with Gasteiger partial charge in [0.1, 0.15) is 11.6 Å². The highest BCUT2D eigenvalue weighted by molar-refractivity contribution is 7.85. The number of hydrogen-bond donors (Lipinski definition) is 5. The molecule has 11 heteroatoms. The molecule has 6 N–H and O–H groups in total. The van der Waals surface area contributed by atoms with Crippen LogP contribution in [-0.2, 0) is 26.1 Å². The minimum Gasteiger partial charge on any atom is -0.504 e. The summed E-state index contributed by atoms with van der Waals surface area (Å²) in [5, 5.41) is 28.4. The molecule has 0 spiro atoms. The zero-order chi connectivity index (χ0) is 23.8. The van der Waals surface area contributed by atoms with Gasteiger partial charge in [0.25, 0.3) is 10.1 Å². The number of rotatable bonds is 7. The van der Waals surface area contributed by atoms with Crippen molar-refractivity contribution in [2.45, 2.75) is 31.4 Å². The third-order valence-electron chi connectivity index (χ3n) is 3.95. The van der Waals surface area contributed by atoms with Crippen molar-refractivity contribution in [2.75, 3.05) is 6.26 Å². The zero-order valence-electron chi connectivity index (χ0n) is 16.9. The summed E-state index contributed by atoms with van der Waals surface area (Å²) in [6.07, 6.45) is -0.256. The van der Waals surface area contributed by atoms with E-state index in [0.29, 0.717) is 17.4 Å². The second kappa shape index (κ2) is 10.8. The summed E-state index contributed by atoms with van der Waals surface area (Å²) in [6, 6.07) is 12.3. The van der Waals surface area contributed by atoms with Gasteiger partial charge < -0.3 is 25.8 Å². The van der Waals surface area contributed by atoms with E-state index < -0.39 is 33.7 Å². The van der Waals surface area contributed by atoms with E-state index in [-0.39, 0.29) is 24.3 Å². The number of nitrogens with two attached hydrogens (primary N) is 1. The van der Waals surface area contributed by atoms with Crippen LogP contribution in [-0.4, -0.2) is 58.1 Å². The van der Waals surface area contributed by atoms with Gasteiger partial charge in [-0.15, -0.1) is 0 Å². The van der Waals surface area contributed by atoms with E-state index in [9.17, 15) is 33.3 Å². The molecule has 10 nitrogen and oxygen atoms in total. The molecule has 2 atom stereocenters. The Bertz CT molecular complexity index is 1000. The number of carboxylic acid groups (broad SMARTS) is 1. The number of aliphatic carboxylic acids is 1. The van der Waals surface area contributed by atoms with E-state index in [1.165, 1.54) is 18.2 Å². The van der Waals surface area contributed by atoms with Gasteiger partial charge in [0.05, 0.1) is 11.8 Å². The first-order valence-corrected chi connectivity index (χ1v) is 10.8. The van der Waals surface area contributed by atoms with Gasteiger partial charge in [0.2, 0.25) is 0 Å². The Morgan fingerprint density at radius 2 is 1.65 bits per heavy atom. The lowest BCUT2D eigenvalue weighted by molar-refractivity contribution is -0.144. The van der Waals surface area contributed by atoms with E-state index in [1.807, 2.05) is 0 Å². The molecule has 0 aliphatic carbocycles. The number of carbonyl (C=O) groups is 2. The van der Waals surface area contributed by atoms with Gasteiger partial charge in [-0.25, -0.2) is 4.79 Å². The fourth-order valence-corrected chi connectivity index (χ4v) is 2.66. The summed E-state index contributed by atoms with van der Waals surface area (Å²) in [7, 11) is -3.67. The number of carbonyl (C=O) groups excluding carboxylic acids is 1. The number of esters is 1. The molecule has 2 rings (SSSR count). The van der Waals surface area contributed by atoms with Crippen LogP contribution in [0.2, 0.25) is 0 Å². The van der Waals surface area contributed by atoms with Crippen molar-refractivity contribution >= 4 is 22.1 Å². The maximum atomic E-state index is 12.1. The van der Waals surface area contributed by atoms with Crippen molar-refractivity contribution in [3.05, 3.63) is 59.7 Å². The van der Waals surface area contributed by atoms with E-state index in [2.05, 4.69) is 0 Å². The minimum atomic E-state index is -3.67. The van der Waals surface area contributed by atoms with Gasteiger partial charge in [0, 0.05) is 12.8 Å². The molecule has 0 amide bonds. The molecule has 0 saturated heterocycles. The Morgan fingerprint density at radius 1 is 1.10 bits per heavy atom.